The number of likely N-dealkylation sites (N-methyl/N-ethyl adjacent to an activating group) is 1. The van der Waals surface area contributed by atoms with E-state index in [-0.39, 0.29) is 0 Å². The summed E-state index contributed by atoms with van der Waals surface area (Å²) >= 11 is 0. The van der Waals surface area contributed by atoms with Gasteiger partial charge in [-0.15, -0.1) is 0 Å². The van der Waals surface area contributed by atoms with E-state index in [9.17, 15) is 0 Å². The molecule has 0 aliphatic carbocycles. The van der Waals surface area contributed by atoms with E-state index in [4.69, 9.17) is 5.73 Å². The minimum Gasteiger partial charge on any atom is -0.333 e. The molecule has 0 spiro atoms. The van der Waals surface area contributed by atoms with Crippen molar-refractivity contribution in [1.82, 2.24) is 29.3 Å². The molecule has 122 valence electrons. The molecular weight excluding hydrogens is 278 g/mol. The average Bonchev–Trinajstić information content (AvgIpc) is 3.14. The maximum absolute atomic E-state index is 5.65. The Bertz CT molecular complexity index is 546. The Balaban J connectivity index is 2.00. The molecule has 7 heteroatoms. The van der Waals surface area contributed by atoms with Gasteiger partial charge in [0.2, 0.25) is 0 Å². The number of imidazole rings is 2. The van der Waals surface area contributed by atoms with Crippen molar-refractivity contribution >= 4 is 0 Å². The van der Waals surface area contributed by atoms with Gasteiger partial charge < -0.3 is 20.2 Å². The van der Waals surface area contributed by atoms with Crippen molar-refractivity contribution in [2.45, 2.75) is 33.1 Å². The summed E-state index contributed by atoms with van der Waals surface area (Å²) in [4.78, 5) is 11.3. The Morgan fingerprint density at radius 3 is 2.18 bits per heavy atom. The second-order valence-electron chi connectivity index (χ2n) is 5.27. The molecular formula is C15H27N7. The van der Waals surface area contributed by atoms with Crippen LogP contribution in [-0.2, 0) is 26.2 Å². The fourth-order valence-electron chi connectivity index (χ4n) is 2.44. The molecule has 2 aromatic rings. The molecule has 22 heavy (non-hydrogen) atoms. The van der Waals surface area contributed by atoms with Gasteiger partial charge in [0.25, 0.3) is 0 Å². The van der Waals surface area contributed by atoms with E-state index in [0.29, 0.717) is 6.54 Å². The third-order valence-electron chi connectivity index (χ3n) is 3.75. The summed E-state index contributed by atoms with van der Waals surface area (Å²) in [6.07, 6.45) is 7.74. The summed E-state index contributed by atoms with van der Waals surface area (Å²) in [7, 11) is 1.96. The Morgan fingerprint density at radius 1 is 1.09 bits per heavy atom. The van der Waals surface area contributed by atoms with Crippen LogP contribution >= 0.6 is 0 Å². The molecule has 0 aliphatic rings. The third-order valence-corrected chi connectivity index (χ3v) is 3.75. The average molecular weight is 305 g/mol. The van der Waals surface area contributed by atoms with Crippen LogP contribution in [-0.4, -0.2) is 50.7 Å². The lowest BCUT2D eigenvalue weighted by molar-refractivity contribution is 0.250. The van der Waals surface area contributed by atoms with Gasteiger partial charge in [0.1, 0.15) is 11.6 Å². The fourth-order valence-corrected chi connectivity index (χ4v) is 2.44. The van der Waals surface area contributed by atoms with E-state index in [1.807, 2.05) is 31.8 Å². The number of aromatic nitrogens is 4. The maximum atomic E-state index is 5.65. The molecule has 2 aromatic heterocycles. The van der Waals surface area contributed by atoms with Crippen LogP contribution in [0, 0.1) is 0 Å². The second-order valence-corrected chi connectivity index (χ2v) is 5.27. The van der Waals surface area contributed by atoms with Crippen LogP contribution in [0.4, 0.5) is 0 Å². The van der Waals surface area contributed by atoms with Crippen molar-refractivity contribution in [3.05, 3.63) is 36.4 Å². The minimum atomic E-state index is 0.629. The second kappa shape index (κ2) is 8.67. The lowest BCUT2D eigenvalue weighted by atomic mass is 10.4. The fraction of sp³-hybridized carbons (Fsp3) is 0.600. The number of rotatable bonds is 10. The smallest absolute Gasteiger partial charge is 0.122 e. The van der Waals surface area contributed by atoms with Gasteiger partial charge in [0, 0.05) is 51.0 Å². The lowest BCUT2D eigenvalue weighted by Gasteiger charge is -2.21. The van der Waals surface area contributed by atoms with Crippen molar-refractivity contribution in [2.24, 2.45) is 5.73 Å². The first-order chi connectivity index (χ1) is 10.8. The number of hydrogen-bond donors (Lipinski definition) is 2. The lowest BCUT2D eigenvalue weighted by Crippen LogP contribution is -2.27. The highest BCUT2D eigenvalue weighted by atomic mass is 15.2. The molecule has 0 atom stereocenters. The molecule has 0 bridgehead atoms. The molecule has 0 amide bonds. The van der Waals surface area contributed by atoms with Crippen LogP contribution in [0.15, 0.2) is 24.8 Å². The molecule has 2 heterocycles. The summed E-state index contributed by atoms with van der Waals surface area (Å²) in [5.41, 5.74) is 5.65. The monoisotopic (exact) mass is 305 g/mol. The normalized spacial score (nSPS) is 11.5. The van der Waals surface area contributed by atoms with Gasteiger partial charge >= 0.3 is 0 Å². The van der Waals surface area contributed by atoms with Crippen LogP contribution in [0.3, 0.4) is 0 Å². The molecule has 0 radical (unpaired) electrons. The van der Waals surface area contributed by atoms with Gasteiger partial charge in [-0.1, -0.05) is 6.92 Å². The standard InChI is InChI=1S/C15H27N7/c1-3-20(12-14-18-6-10-21(14)8-4-16)13-15-19-7-11-22(15)9-5-17-2/h6-7,10-11,17H,3-5,8-9,12-13,16H2,1-2H3. The van der Waals surface area contributed by atoms with Crippen LogP contribution in [0.1, 0.15) is 18.6 Å². The van der Waals surface area contributed by atoms with E-state index < -0.39 is 0 Å². The molecule has 0 saturated heterocycles. The highest BCUT2D eigenvalue weighted by molar-refractivity contribution is 4.96. The van der Waals surface area contributed by atoms with Crippen molar-refractivity contribution in [3.63, 3.8) is 0 Å². The summed E-state index contributed by atoms with van der Waals surface area (Å²) in [6.45, 7) is 8.06. The van der Waals surface area contributed by atoms with Crippen molar-refractivity contribution in [1.29, 1.82) is 0 Å². The van der Waals surface area contributed by atoms with E-state index in [1.165, 1.54) is 0 Å². The van der Waals surface area contributed by atoms with Crippen LogP contribution in [0.5, 0.6) is 0 Å². The zero-order valence-corrected chi connectivity index (χ0v) is 13.6. The molecule has 2 rings (SSSR count). The number of nitrogens with two attached hydrogens (primary N) is 1. The Labute approximate surface area is 132 Å². The molecule has 3 N–H and O–H groups in total. The van der Waals surface area contributed by atoms with E-state index in [2.05, 4.69) is 36.2 Å². The van der Waals surface area contributed by atoms with Crippen LogP contribution in [0.2, 0.25) is 0 Å². The van der Waals surface area contributed by atoms with E-state index in [1.54, 1.807) is 0 Å². The Kier molecular flexibility index (Phi) is 6.57. The van der Waals surface area contributed by atoms with Gasteiger partial charge in [-0.05, 0) is 13.6 Å². The van der Waals surface area contributed by atoms with Gasteiger partial charge in [-0.25, -0.2) is 9.97 Å². The Hall–Kier alpha value is -1.70. The van der Waals surface area contributed by atoms with E-state index in [0.717, 1.165) is 50.9 Å². The third kappa shape index (κ3) is 4.40. The highest BCUT2D eigenvalue weighted by Gasteiger charge is 2.12. The van der Waals surface area contributed by atoms with Crippen LogP contribution in [0.25, 0.3) is 0 Å². The molecule has 7 nitrogen and oxygen atoms in total. The SMILES string of the molecule is CCN(Cc1nccn1CCN)Cc1nccn1CCNC. The zero-order valence-electron chi connectivity index (χ0n) is 13.6. The molecule has 0 aromatic carbocycles. The van der Waals surface area contributed by atoms with Gasteiger partial charge in [-0.3, -0.25) is 4.90 Å². The molecule has 0 aliphatic heterocycles. The predicted octanol–water partition coefficient (Wildman–Crippen LogP) is 0.280. The topological polar surface area (TPSA) is 76.9 Å². The number of nitrogens with zero attached hydrogens (tertiary/aromatic N) is 5. The predicted molar refractivity (Wildman–Crippen MR) is 87.2 cm³/mol. The Morgan fingerprint density at radius 2 is 1.68 bits per heavy atom. The van der Waals surface area contributed by atoms with Gasteiger partial charge in [0.15, 0.2) is 0 Å². The first-order valence-electron chi connectivity index (χ1n) is 7.85. The quantitative estimate of drug-likeness (QED) is 0.659. The zero-order chi connectivity index (χ0) is 15.8. The summed E-state index contributed by atoms with van der Waals surface area (Å²) in [5.74, 6) is 2.15. The van der Waals surface area contributed by atoms with Crippen LogP contribution < -0.4 is 11.1 Å². The van der Waals surface area contributed by atoms with Crippen molar-refractivity contribution in [2.75, 3.05) is 26.7 Å². The molecule has 0 saturated carbocycles. The maximum Gasteiger partial charge on any atom is 0.122 e. The first-order valence-corrected chi connectivity index (χ1v) is 7.85. The largest absolute Gasteiger partial charge is 0.333 e. The number of hydrogen-bond acceptors (Lipinski definition) is 5. The minimum absolute atomic E-state index is 0.629. The van der Waals surface area contributed by atoms with E-state index >= 15 is 0 Å². The summed E-state index contributed by atoms with van der Waals surface area (Å²) in [6, 6.07) is 0. The van der Waals surface area contributed by atoms with Crippen molar-refractivity contribution < 1.29 is 0 Å². The van der Waals surface area contributed by atoms with Crippen molar-refractivity contribution in [3.8, 4) is 0 Å². The highest BCUT2D eigenvalue weighted by Crippen LogP contribution is 2.08. The molecule has 0 fully saturated rings. The molecule has 0 unspecified atom stereocenters. The van der Waals surface area contributed by atoms with Gasteiger partial charge in [-0.2, -0.15) is 0 Å². The number of nitrogens with one attached hydrogen (secondary N) is 1. The van der Waals surface area contributed by atoms with Gasteiger partial charge in [0.05, 0.1) is 13.1 Å². The first kappa shape index (κ1) is 16.7. The summed E-state index contributed by atoms with van der Waals surface area (Å²) < 4.78 is 4.32. The summed E-state index contributed by atoms with van der Waals surface area (Å²) in [5, 5.41) is 3.17.